The third-order valence-electron chi connectivity index (χ3n) is 9.76. The second-order valence-electron chi connectivity index (χ2n) is 14.6. The number of hydrogen-bond acceptors (Lipinski definition) is 2. The molecule has 0 amide bonds. The Morgan fingerprint density at radius 3 is 2.10 bits per heavy atom. The van der Waals surface area contributed by atoms with Gasteiger partial charge in [-0.2, -0.15) is 12.1 Å². The van der Waals surface area contributed by atoms with Gasteiger partial charge in [-0.05, 0) is 92.9 Å². The molecule has 51 heavy (non-hydrogen) atoms. The van der Waals surface area contributed by atoms with Gasteiger partial charge < -0.3 is 9.47 Å². The number of para-hydroxylation sites is 4. The molecule has 0 aliphatic carbocycles. The molecule has 0 saturated carbocycles. The smallest absolute Gasteiger partial charge is 0.188 e. The van der Waals surface area contributed by atoms with Crippen molar-refractivity contribution in [3.05, 3.63) is 151 Å². The number of benzene rings is 5. The van der Waals surface area contributed by atoms with Crippen molar-refractivity contribution in [2.45, 2.75) is 59.9 Å². The number of nitrogens with zero attached hydrogens (tertiary/aromatic N) is 5. The van der Waals surface area contributed by atoms with Gasteiger partial charge >= 0.3 is 0 Å². The summed E-state index contributed by atoms with van der Waals surface area (Å²) in [6, 6.07) is 46.6. The average Bonchev–Trinajstić information content (AvgIpc) is 3.67. The summed E-state index contributed by atoms with van der Waals surface area (Å²) in [5.74, 6) is 1.29. The SMILES string of the molecule is Cc1cccc(C)c1N(c1[c-]c(-n2[cH+]n(C(C)(C)C)c3ccccc32)ccc1)c1[c-]c2c(cc1)c1ccccc1n2-c1cc(C(C)C)ccn1.[Pt]. The van der Waals surface area contributed by atoms with Crippen LogP contribution in [0.2, 0.25) is 0 Å². The monoisotopic (exact) mass is 847 g/mol. The fourth-order valence-electron chi connectivity index (χ4n) is 7.25. The summed E-state index contributed by atoms with van der Waals surface area (Å²) in [5, 5.41) is 2.33. The van der Waals surface area contributed by atoms with E-state index in [1.807, 2.05) is 6.20 Å². The van der Waals surface area contributed by atoms with Crippen molar-refractivity contribution in [1.82, 2.24) is 18.7 Å². The molecule has 0 bridgehead atoms. The molecule has 0 aliphatic heterocycles. The van der Waals surface area contributed by atoms with Crippen molar-refractivity contribution in [2.24, 2.45) is 0 Å². The number of hydrogen-bond donors (Lipinski definition) is 0. The number of imidazole rings is 1. The maximum Gasteiger partial charge on any atom is 0.188 e. The summed E-state index contributed by atoms with van der Waals surface area (Å²) in [7, 11) is 0. The van der Waals surface area contributed by atoms with Gasteiger partial charge in [0.05, 0.1) is 5.54 Å². The van der Waals surface area contributed by atoms with E-state index >= 15 is 0 Å². The summed E-state index contributed by atoms with van der Waals surface area (Å²) in [5.41, 5.74) is 12.0. The minimum Gasteiger partial charge on any atom is -0.357 e. The summed E-state index contributed by atoms with van der Waals surface area (Å²) < 4.78 is 6.86. The van der Waals surface area contributed by atoms with E-state index in [-0.39, 0.29) is 26.6 Å². The predicted octanol–water partition coefficient (Wildman–Crippen LogP) is 11.8. The van der Waals surface area contributed by atoms with Gasteiger partial charge in [-0.1, -0.05) is 73.2 Å². The predicted molar refractivity (Wildman–Crippen MR) is 209 cm³/mol. The zero-order valence-electron chi connectivity index (χ0n) is 30.2. The van der Waals surface area contributed by atoms with Crippen LogP contribution in [-0.2, 0) is 26.6 Å². The zero-order chi connectivity index (χ0) is 34.7. The molecule has 3 aromatic heterocycles. The van der Waals surface area contributed by atoms with Crippen LogP contribution in [0.25, 0.3) is 44.3 Å². The van der Waals surface area contributed by atoms with Crippen LogP contribution >= 0.6 is 0 Å². The van der Waals surface area contributed by atoms with Gasteiger partial charge in [0.25, 0.3) is 0 Å². The Morgan fingerprint density at radius 2 is 1.37 bits per heavy atom. The van der Waals surface area contributed by atoms with E-state index in [4.69, 9.17) is 4.98 Å². The van der Waals surface area contributed by atoms with E-state index in [2.05, 4.69) is 195 Å². The van der Waals surface area contributed by atoms with Crippen LogP contribution in [0.4, 0.5) is 17.1 Å². The van der Waals surface area contributed by atoms with Gasteiger partial charge in [-0.15, -0.1) is 29.7 Å². The normalized spacial score (nSPS) is 11.8. The quantitative estimate of drug-likeness (QED) is 0.156. The molecule has 0 fully saturated rings. The second-order valence-corrected chi connectivity index (χ2v) is 14.6. The van der Waals surface area contributed by atoms with E-state index in [1.54, 1.807) is 0 Å². The van der Waals surface area contributed by atoms with Crippen LogP contribution in [0.3, 0.4) is 0 Å². The first-order valence-electron chi connectivity index (χ1n) is 17.4. The fourth-order valence-corrected chi connectivity index (χ4v) is 7.25. The van der Waals surface area contributed by atoms with Gasteiger partial charge in [-0.3, -0.25) is 0 Å². The second kappa shape index (κ2) is 13.3. The van der Waals surface area contributed by atoms with Gasteiger partial charge in [0.15, 0.2) is 17.4 Å². The van der Waals surface area contributed by atoms with Crippen LogP contribution in [0.1, 0.15) is 57.2 Å². The third-order valence-corrected chi connectivity index (χ3v) is 9.76. The van der Waals surface area contributed by atoms with Crippen molar-refractivity contribution in [3.63, 3.8) is 0 Å². The molecule has 0 N–H and O–H groups in total. The van der Waals surface area contributed by atoms with Gasteiger partial charge in [-0.25, -0.2) is 14.1 Å². The Hall–Kier alpha value is -4.99. The van der Waals surface area contributed by atoms with E-state index in [1.165, 1.54) is 27.6 Å². The minimum absolute atomic E-state index is 0. The molecular formula is C45H42N5Pt-. The maximum absolute atomic E-state index is 4.89. The van der Waals surface area contributed by atoms with Crippen LogP contribution in [-0.4, -0.2) is 18.7 Å². The van der Waals surface area contributed by atoms with E-state index in [0.29, 0.717) is 5.92 Å². The Labute approximate surface area is 315 Å². The number of aryl methyl sites for hydroxylation is 2. The molecular weight excluding hydrogens is 806 g/mol. The van der Waals surface area contributed by atoms with Gasteiger partial charge in [0, 0.05) is 56.3 Å². The van der Waals surface area contributed by atoms with Crippen molar-refractivity contribution >= 4 is 49.9 Å². The molecule has 5 nitrogen and oxygen atoms in total. The van der Waals surface area contributed by atoms with Crippen LogP contribution in [0, 0.1) is 26.0 Å². The summed E-state index contributed by atoms with van der Waals surface area (Å²) in [6.45, 7) is 15.5. The Bertz CT molecular complexity index is 2530. The van der Waals surface area contributed by atoms with Gasteiger partial charge in [0.1, 0.15) is 5.82 Å². The average molecular weight is 848 g/mol. The van der Waals surface area contributed by atoms with E-state index in [0.717, 1.165) is 50.5 Å². The molecule has 5 aromatic carbocycles. The summed E-state index contributed by atoms with van der Waals surface area (Å²) >= 11 is 0. The molecule has 8 aromatic rings. The van der Waals surface area contributed by atoms with E-state index in [9.17, 15) is 0 Å². The van der Waals surface area contributed by atoms with Crippen molar-refractivity contribution < 1.29 is 21.1 Å². The number of pyridine rings is 1. The standard InChI is InChI=1S/C45H42N5.Pt/c1-30(2)33-24-25-46-43(26-33)50-39-19-9-8-18-37(39)38-23-22-36(28-42(38)50)49(44-31(3)14-12-15-32(44)4)35-17-13-16-34(27-35)47-29-48(45(5,6)7)41-21-11-10-20-40(41)47;/h8-26,29-30H,1-7H3;/q-1;. The van der Waals surface area contributed by atoms with Crippen LogP contribution in [0.15, 0.2) is 122 Å². The number of fused-ring (bicyclic) bond motifs is 4. The Morgan fingerprint density at radius 1 is 0.706 bits per heavy atom. The molecule has 0 spiro atoms. The first kappa shape index (κ1) is 34.5. The topological polar surface area (TPSA) is 30.9 Å². The molecule has 8 rings (SSSR count). The maximum atomic E-state index is 4.89. The van der Waals surface area contributed by atoms with Gasteiger partial charge in [0.2, 0.25) is 0 Å². The molecule has 3 heterocycles. The molecule has 0 saturated heterocycles. The Kier molecular flexibility index (Phi) is 8.97. The zero-order valence-corrected chi connectivity index (χ0v) is 32.4. The summed E-state index contributed by atoms with van der Waals surface area (Å²) in [6.07, 6.45) is 4.13. The molecule has 258 valence electrons. The fraction of sp³-hybridized carbons (Fsp3) is 0.200. The molecule has 0 atom stereocenters. The summed E-state index contributed by atoms with van der Waals surface area (Å²) in [4.78, 5) is 7.21. The molecule has 0 radical (unpaired) electrons. The van der Waals surface area contributed by atoms with Crippen molar-refractivity contribution in [1.29, 1.82) is 0 Å². The van der Waals surface area contributed by atoms with Crippen molar-refractivity contribution in [2.75, 3.05) is 4.90 Å². The largest absolute Gasteiger partial charge is 0.357 e. The Balaban J connectivity index is 0.00000406. The first-order chi connectivity index (χ1) is 24.1. The molecule has 6 heteroatoms. The number of aromatic nitrogens is 4. The van der Waals surface area contributed by atoms with Crippen LogP contribution < -0.4 is 4.90 Å². The first-order valence-corrected chi connectivity index (χ1v) is 17.4. The molecule has 0 unspecified atom stereocenters. The third kappa shape index (κ3) is 5.98. The van der Waals surface area contributed by atoms with Crippen LogP contribution in [0.5, 0.6) is 0 Å². The van der Waals surface area contributed by atoms with Crippen molar-refractivity contribution in [3.8, 4) is 11.5 Å². The van der Waals surface area contributed by atoms with E-state index < -0.39 is 0 Å². The minimum atomic E-state index is -0.0842. The number of rotatable bonds is 6. The molecule has 0 aliphatic rings. The number of anilines is 3.